The van der Waals surface area contributed by atoms with Crippen LogP contribution in [0, 0.1) is 6.92 Å². The van der Waals surface area contributed by atoms with E-state index in [0.717, 1.165) is 39.2 Å². The van der Waals surface area contributed by atoms with Gasteiger partial charge in [-0.2, -0.15) is 0 Å². The van der Waals surface area contributed by atoms with Crippen LogP contribution >= 0.6 is 0 Å². The molecular weight excluding hydrogens is 312 g/mol. The summed E-state index contributed by atoms with van der Waals surface area (Å²) in [6.07, 6.45) is 1.98. The molecular formula is C20H18N4O. The van der Waals surface area contributed by atoms with Crippen LogP contribution in [0.3, 0.4) is 0 Å². The zero-order valence-electron chi connectivity index (χ0n) is 14.4. The minimum absolute atomic E-state index is 0.151. The monoisotopic (exact) mass is 330 g/mol. The van der Waals surface area contributed by atoms with Crippen LogP contribution in [-0.4, -0.2) is 23.2 Å². The first-order chi connectivity index (χ1) is 12.1. The predicted molar refractivity (Wildman–Crippen MR) is 100 cm³/mol. The molecule has 4 aromatic rings. The first kappa shape index (κ1) is 14.3. The van der Waals surface area contributed by atoms with Crippen molar-refractivity contribution in [2.24, 2.45) is 0 Å². The minimum Gasteiger partial charge on any atom is -0.435 e. The third-order valence-corrected chi connectivity index (χ3v) is 5.04. The third-order valence-electron chi connectivity index (χ3n) is 5.04. The van der Waals surface area contributed by atoms with Gasteiger partial charge in [0.25, 0.3) is 0 Å². The maximum absolute atomic E-state index is 6.18. The van der Waals surface area contributed by atoms with Gasteiger partial charge in [0.15, 0.2) is 11.4 Å². The Morgan fingerprint density at radius 3 is 2.72 bits per heavy atom. The van der Waals surface area contributed by atoms with E-state index in [1.807, 2.05) is 25.3 Å². The summed E-state index contributed by atoms with van der Waals surface area (Å²) in [5.74, 6) is 0.983. The molecule has 0 spiro atoms. The van der Waals surface area contributed by atoms with Crippen LogP contribution < -0.4 is 9.80 Å². The highest BCUT2D eigenvalue weighted by atomic mass is 16.3. The summed E-state index contributed by atoms with van der Waals surface area (Å²) in [5.41, 5.74) is 4.65. The molecule has 0 amide bonds. The van der Waals surface area contributed by atoms with Crippen LogP contribution in [0.5, 0.6) is 0 Å². The van der Waals surface area contributed by atoms with E-state index >= 15 is 0 Å². The van der Waals surface area contributed by atoms with Crippen LogP contribution in [0.15, 0.2) is 53.1 Å². The van der Waals surface area contributed by atoms with Crippen LogP contribution in [0.4, 0.5) is 17.2 Å². The van der Waals surface area contributed by atoms with Crippen LogP contribution in [0.2, 0.25) is 0 Å². The number of pyridine rings is 2. The second kappa shape index (κ2) is 4.96. The molecule has 0 bridgehead atoms. The fourth-order valence-electron chi connectivity index (χ4n) is 3.68. The van der Waals surface area contributed by atoms with E-state index in [0.29, 0.717) is 5.71 Å². The molecule has 3 aromatic heterocycles. The maximum atomic E-state index is 6.18. The van der Waals surface area contributed by atoms with E-state index in [2.05, 4.69) is 64.1 Å². The fraction of sp³-hybridized carbons (Fsp3) is 0.200. The zero-order valence-corrected chi connectivity index (χ0v) is 14.4. The highest BCUT2D eigenvalue weighted by molar-refractivity contribution is 6.09. The van der Waals surface area contributed by atoms with Gasteiger partial charge in [-0.25, -0.2) is 9.97 Å². The zero-order chi connectivity index (χ0) is 17.1. The van der Waals surface area contributed by atoms with Crippen molar-refractivity contribution in [1.82, 2.24) is 9.97 Å². The van der Waals surface area contributed by atoms with Gasteiger partial charge in [0.1, 0.15) is 6.17 Å². The molecule has 0 N–H and O–H groups in total. The van der Waals surface area contributed by atoms with Crippen LogP contribution in [0.1, 0.15) is 12.6 Å². The van der Waals surface area contributed by atoms with E-state index in [4.69, 9.17) is 4.42 Å². The Kier molecular flexibility index (Phi) is 2.83. The van der Waals surface area contributed by atoms with Gasteiger partial charge < -0.3 is 14.2 Å². The van der Waals surface area contributed by atoms with Crippen molar-refractivity contribution in [3.05, 3.63) is 54.4 Å². The average Bonchev–Trinajstić information content (AvgIpc) is 3.11. The molecule has 5 rings (SSSR count). The van der Waals surface area contributed by atoms with Gasteiger partial charge in [0.2, 0.25) is 5.71 Å². The molecule has 0 radical (unpaired) electrons. The van der Waals surface area contributed by atoms with E-state index in [1.165, 1.54) is 0 Å². The lowest BCUT2D eigenvalue weighted by Crippen LogP contribution is -2.35. The fourth-order valence-corrected chi connectivity index (χ4v) is 3.68. The molecule has 1 aromatic carbocycles. The number of benzene rings is 1. The standard InChI is InChI=1S/C20H18N4O/c1-12-9-10-15-14-6-4-7-16(18(14)25-20(15)22-12)24-13(2)23(3)19-17(24)8-5-11-21-19/h4-11,13H,1-3H3/t13-/m0/s1. The van der Waals surface area contributed by atoms with Crippen molar-refractivity contribution in [3.8, 4) is 0 Å². The molecule has 124 valence electrons. The first-order valence-electron chi connectivity index (χ1n) is 8.41. The van der Waals surface area contributed by atoms with E-state index in [-0.39, 0.29) is 6.17 Å². The molecule has 0 aliphatic carbocycles. The number of hydrogen-bond acceptors (Lipinski definition) is 5. The van der Waals surface area contributed by atoms with Gasteiger partial charge in [0, 0.05) is 29.7 Å². The summed E-state index contributed by atoms with van der Waals surface area (Å²) in [6.45, 7) is 4.15. The van der Waals surface area contributed by atoms with Gasteiger partial charge in [-0.1, -0.05) is 12.1 Å². The van der Waals surface area contributed by atoms with Crippen molar-refractivity contribution < 1.29 is 4.42 Å². The van der Waals surface area contributed by atoms with Crippen molar-refractivity contribution in [1.29, 1.82) is 0 Å². The molecule has 5 nitrogen and oxygen atoms in total. The van der Waals surface area contributed by atoms with Crippen molar-refractivity contribution >= 4 is 39.3 Å². The Hall–Kier alpha value is -3.08. The number of fused-ring (bicyclic) bond motifs is 4. The summed E-state index contributed by atoms with van der Waals surface area (Å²) < 4.78 is 6.18. The predicted octanol–water partition coefficient (Wildman–Crippen LogP) is 4.62. The molecule has 0 fully saturated rings. The Morgan fingerprint density at radius 1 is 1.00 bits per heavy atom. The molecule has 1 atom stereocenters. The number of furan rings is 1. The topological polar surface area (TPSA) is 45.4 Å². The van der Waals surface area contributed by atoms with E-state index in [1.54, 1.807) is 0 Å². The second-order valence-electron chi connectivity index (χ2n) is 6.52. The Labute approximate surface area is 145 Å². The molecule has 0 saturated carbocycles. The second-order valence-corrected chi connectivity index (χ2v) is 6.52. The lowest BCUT2D eigenvalue weighted by atomic mass is 10.1. The first-order valence-corrected chi connectivity index (χ1v) is 8.41. The summed E-state index contributed by atoms with van der Waals surface area (Å²) in [6, 6.07) is 14.5. The molecule has 1 aliphatic rings. The Balaban J connectivity index is 1.80. The molecule has 5 heteroatoms. The van der Waals surface area contributed by atoms with Crippen LogP contribution in [-0.2, 0) is 0 Å². The van der Waals surface area contributed by atoms with Gasteiger partial charge in [-0.05, 0) is 44.2 Å². The van der Waals surface area contributed by atoms with E-state index < -0.39 is 0 Å². The highest BCUT2D eigenvalue weighted by Crippen LogP contribution is 2.45. The lowest BCUT2D eigenvalue weighted by Gasteiger charge is -2.27. The van der Waals surface area contributed by atoms with Gasteiger partial charge in [0.05, 0.1) is 11.4 Å². The SMILES string of the molecule is Cc1ccc2c(n1)oc1c(N3c4cccnc4N(C)[C@@H]3C)cccc12. The number of aromatic nitrogens is 2. The third kappa shape index (κ3) is 1.89. The van der Waals surface area contributed by atoms with Gasteiger partial charge >= 0.3 is 0 Å². The number of nitrogens with zero attached hydrogens (tertiary/aromatic N) is 4. The molecule has 25 heavy (non-hydrogen) atoms. The summed E-state index contributed by atoms with van der Waals surface area (Å²) in [7, 11) is 2.07. The van der Waals surface area contributed by atoms with Crippen LogP contribution in [0.25, 0.3) is 22.1 Å². The number of rotatable bonds is 1. The number of aryl methyl sites for hydroxylation is 1. The molecule has 0 unspecified atom stereocenters. The molecule has 4 heterocycles. The quantitative estimate of drug-likeness (QED) is 0.509. The summed E-state index contributed by atoms with van der Waals surface area (Å²) >= 11 is 0. The van der Waals surface area contributed by atoms with Crippen molar-refractivity contribution in [2.45, 2.75) is 20.0 Å². The Morgan fingerprint density at radius 2 is 1.84 bits per heavy atom. The maximum Gasteiger partial charge on any atom is 0.227 e. The lowest BCUT2D eigenvalue weighted by molar-refractivity contribution is 0.647. The minimum atomic E-state index is 0.151. The number of hydrogen-bond donors (Lipinski definition) is 0. The highest BCUT2D eigenvalue weighted by Gasteiger charge is 2.34. The smallest absolute Gasteiger partial charge is 0.227 e. The van der Waals surface area contributed by atoms with Crippen molar-refractivity contribution in [3.63, 3.8) is 0 Å². The largest absolute Gasteiger partial charge is 0.435 e. The van der Waals surface area contributed by atoms with Crippen molar-refractivity contribution in [2.75, 3.05) is 16.8 Å². The summed E-state index contributed by atoms with van der Waals surface area (Å²) in [5, 5.41) is 2.14. The molecule has 0 saturated heterocycles. The number of anilines is 3. The normalized spacial score (nSPS) is 16.8. The van der Waals surface area contributed by atoms with Gasteiger partial charge in [-0.3, -0.25) is 0 Å². The number of para-hydroxylation sites is 1. The average molecular weight is 330 g/mol. The van der Waals surface area contributed by atoms with E-state index in [9.17, 15) is 0 Å². The van der Waals surface area contributed by atoms with Gasteiger partial charge in [-0.15, -0.1) is 0 Å². The Bertz CT molecular complexity index is 1120. The summed E-state index contributed by atoms with van der Waals surface area (Å²) in [4.78, 5) is 13.6. The molecule has 1 aliphatic heterocycles.